The number of hydrogen-bond acceptors (Lipinski definition) is 4. The van der Waals surface area contributed by atoms with E-state index in [2.05, 4.69) is 15.5 Å². The Labute approximate surface area is 108 Å². The molecular weight excluding hydrogens is 281 g/mol. The average Bonchev–Trinajstić information content (AvgIpc) is 2.75. The summed E-state index contributed by atoms with van der Waals surface area (Å²) in [6.45, 7) is 1.53. The van der Waals surface area contributed by atoms with Gasteiger partial charge in [-0.2, -0.15) is 17.9 Å². The lowest BCUT2D eigenvalue weighted by Crippen LogP contribution is -2.09. The van der Waals surface area contributed by atoms with Crippen molar-refractivity contribution < 1.29 is 17.4 Å². The molecule has 102 valence electrons. The van der Waals surface area contributed by atoms with E-state index in [4.69, 9.17) is 0 Å². The van der Waals surface area contributed by atoms with Crippen molar-refractivity contribution in [3.63, 3.8) is 0 Å². The van der Waals surface area contributed by atoms with E-state index in [9.17, 15) is 17.4 Å². The molecule has 19 heavy (non-hydrogen) atoms. The van der Waals surface area contributed by atoms with Gasteiger partial charge in [-0.3, -0.25) is 4.21 Å². The largest absolute Gasteiger partial charge is 0.416 e. The summed E-state index contributed by atoms with van der Waals surface area (Å²) in [4.78, 5) is 0. The maximum absolute atomic E-state index is 12.7. The Kier molecular flexibility index (Phi) is 3.40. The van der Waals surface area contributed by atoms with Gasteiger partial charge in [0.05, 0.1) is 22.1 Å². The van der Waals surface area contributed by atoms with E-state index >= 15 is 0 Å². The minimum Gasteiger partial charge on any atom is -0.251 e. The topological polar surface area (TPSA) is 60.7 Å². The Morgan fingerprint density at radius 2 is 1.95 bits per heavy atom. The van der Waals surface area contributed by atoms with Crippen LogP contribution in [0.3, 0.4) is 0 Å². The third-order valence-corrected chi connectivity index (χ3v) is 3.10. The van der Waals surface area contributed by atoms with Crippen LogP contribution in [-0.4, -0.2) is 30.7 Å². The zero-order valence-corrected chi connectivity index (χ0v) is 10.8. The second kappa shape index (κ2) is 4.72. The summed E-state index contributed by atoms with van der Waals surface area (Å²) < 4.78 is 50.6. The van der Waals surface area contributed by atoms with Gasteiger partial charge in [-0.05, 0) is 41.1 Å². The molecule has 0 saturated carbocycles. The highest BCUT2D eigenvalue weighted by molar-refractivity contribution is 7.84. The number of rotatable bonds is 2. The first-order valence-electron chi connectivity index (χ1n) is 5.10. The molecule has 2 rings (SSSR count). The zero-order valence-electron chi connectivity index (χ0n) is 9.97. The maximum atomic E-state index is 12.7. The van der Waals surface area contributed by atoms with Gasteiger partial charge in [0.1, 0.15) is 0 Å². The zero-order chi connectivity index (χ0) is 14.2. The van der Waals surface area contributed by atoms with E-state index in [0.717, 1.165) is 16.8 Å². The summed E-state index contributed by atoms with van der Waals surface area (Å²) in [5.74, 6) is 0. The Morgan fingerprint density at radius 1 is 1.26 bits per heavy atom. The number of aryl methyl sites for hydroxylation is 1. The van der Waals surface area contributed by atoms with Gasteiger partial charge in [-0.1, -0.05) is 5.10 Å². The van der Waals surface area contributed by atoms with Gasteiger partial charge in [0.2, 0.25) is 5.16 Å². The quantitative estimate of drug-likeness (QED) is 0.845. The highest BCUT2D eigenvalue weighted by atomic mass is 32.2. The average molecular weight is 290 g/mol. The second-order valence-corrected chi connectivity index (χ2v) is 5.16. The summed E-state index contributed by atoms with van der Waals surface area (Å²) >= 11 is 0. The molecule has 1 aromatic carbocycles. The summed E-state index contributed by atoms with van der Waals surface area (Å²) in [5, 5.41) is 10.4. The van der Waals surface area contributed by atoms with Gasteiger partial charge < -0.3 is 0 Å². The lowest BCUT2D eigenvalue weighted by Gasteiger charge is -2.10. The lowest BCUT2D eigenvalue weighted by molar-refractivity contribution is -0.137. The van der Waals surface area contributed by atoms with Crippen LogP contribution in [0, 0.1) is 6.92 Å². The smallest absolute Gasteiger partial charge is 0.251 e. The fraction of sp³-hybridized carbons (Fsp3) is 0.300. The number of aromatic nitrogens is 4. The molecule has 1 heterocycles. The third kappa shape index (κ3) is 2.80. The molecule has 0 fully saturated rings. The number of hydrogen-bond donors (Lipinski definition) is 0. The Bertz CT molecular complexity index is 638. The predicted octanol–water partition coefficient (Wildman–Crippen LogP) is 1.73. The van der Waals surface area contributed by atoms with E-state index in [0.29, 0.717) is 5.56 Å². The highest BCUT2D eigenvalue weighted by Crippen LogP contribution is 2.31. The van der Waals surface area contributed by atoms with Crippen molar-refractivity contribution in [2.45, 2.75) is 18.3 Å². The van der Waals surface area contributed by atoms with Crippen LogP contribution in [0.2, 0.25) is 0 Å². The fourth-order valence-electron chi connectivity index (χ4n) is 1.57. The van der Waals surface area contributed by atoms with Crippen molar-refractivity contribution in [3.05, 3.63) is 29.3 Å². The van der Waals surface area contributed by atoms with Gasteiger partial charge in [-0.25, -0.2) is 0 Å². The van der Waals surface area contributed by atoms with Crippen molar-refractivity contribution in [1.82, 2.24) is 20.2 Å². The molecule has 0 amide bonds. The van der Waals surface area contributed by atoms with E-state index in [-0.39, 0.29) is 10.8 Å². The highest BCUT2D eigenvalue weighted by Gasteiger charge is 2.31. The van der Waals surface area contributed by atoms with E-state index in [1.165, 1.54) is 19.2 Å². The van der Waals surface area contributed by atoms with Crippen molar-refractivity contribution >= 4 is 10.8 Å². The first-order valence-corrected chi connectivity index (χ1v) is 6.66. The van der Waals surface area contributed by atoms with E-state index in [1.807, 2.05) is 0 Å². The second-order valence-electron chi connectivity index (χ2n) is 3.88. The van der Waals surface area contributed by atoms with Crippen molar-refractivity contribution in [2.75, 3.05) is 6.26 Å². The number of alkyl halides is 3. The van der Waals surface area contributed by atoms with E-state index < -0.39 is 22.5 Å². The van der Waals surface area contributed by atoms with Crippen LogP contribution in [0.15, 0.2) is 23.4 Å². The molecule has 0 N–H and O–H groups in total. The molecule has 0 aliphatic heterocycles. The van der Waals surface area contributed by atoms with Gasteiger partial charge in [0, 0.05) is 6.26 Å². The minimum atomic E-state index is -4.46. The molecule has 1 unspecified atom stereocenters. The van der Waals surface area contributed by atoms with Gasteiger partial charge in [0.25, 0.3) is 0 Å². The Balaban J connectivity index is 2.60. The summed E-state index contributed by atoms with van der Waals surface area (Å²) in [5.41, 5.74) is -0.262. The molecule has 0 aliphatic rings. The molecule has 9 heteroatoms. The van der Waals surface area contributed by atoms with Crippen molar-refractivity contribution in [1.29, 1.82) is 0 Å². The molecule has 2 aromatic rings. The lowest BCUT2D eigenvalue weighted by atomic mass is 10.1. The molecule has 1 atom stereocenters. The van der Waals surface area contributed by atoms with Gasteiger partial charge >= 0.3 is 6.18 Å². The first-order chi connectivity index (χ1) is 8.79. The van der Waals surface area contributed by atoms with Crippen LogP contribution in [0.1, 0.15) is 11.1 Å². The number of benzene rings is 1. The van der Waals surface area contributed by atoms with Crippen molar-refractivity contribution in [3.8, 4) is 5.69 Å². The monoisotopic (exact) mass is 290 g/mol. The standard InChI is InChI=1S/C10H9F3N4OS/c1-6-3-7(10(11,12)13)5-8(4-6)17-9(19(2)18)14-15-16-17/h3-5H,1-2H3. The fourth-order valence-corrected chi connectivity index (χ4v) is 2.11. The predicted molar refractivity (Wildman–Crippen MR) is 61.2 cm³/mol. The van der Waals surface area contributed by atoms with Gasteiger partial charge in [-0.15, -0.1) is 0 Å². The summed E-state index contributed by atoms with van der Waals surface area (Å²) in [6, 6.07) is 3.43. The molecule has 0 aliphatic carbocycles. The Morgan fingerprint density at radius 3 is 2.53 bits per heavy atom. The van der Waals surface area contributed by atoms with Crippen LogP contribution >= 0.6 is 0 Å². The normalized spacial score (nSPS) is 13.5. The minimum absolute atomic E-state index is 0.00118. The summed E-state index contributed by atoms with van der Waals surface area (Å²) in [6.07, 6.45) is -3.11. The first kappa shape index (κ1) is 13.7. The van der Waals surface area contributed by atoms with Crippen LogP contribution in [-0.2, 0) is 17.0 Å². The van der Waals surface area contributed by atoms with Crippen molar-refractivity contribution in [2.24, 2.45) is 0 Å². The number of nitrogens with zero attached hydrogens (tertiary/aromatic N) is 4. The molecule has 0 bridgehead atoms. The molecule has 5 nitrogen and oxygen atoms in total. The molecule has 0 radical (unpaired) electrons. The van der Waals surface area contributed by atoms with Crippen LogP contribution in [0.5, 0.6) is 0 Å². The van der Waals surface area contributed by atoms with Crippen LogP contribution in [0.4, 0.5) is 13.2 Å². The molecule has 1 aromatic heterocycles. The summed E-state index contributed by atoms with van der Waals surface area (Å²) in [7, 11) is -1.50. The molecule has 0 spiro atoms. The van der Waals surface area contributed by atoms with Crippen LogP contribution < -0.4 is 0 Å². The van der Waals surface area contributed by atoms with E-state index in [1.54, 1.807) is 0 Å². The number of halogens is 3. The molecular formula is C10H9F3N4OS. The molecule has 0 saturated heterocycles. The Hall–Kier alpha value is -1.77. The van der Waals surface area contributed by atoms with Gasteiger partial charge in [0.15, 0.2) is 0 Å². The SMILES string of the molecule is Cc1cc(-n2nnnc2S(C)=O)cc(C(F)(F)F)c1. The van der Waals surface area contributed by atoms with Crippen LogP contribution in [0.25, 0.3) is 5.69 Å². The maximum Gasteiger partial charge on any atom is 0.416 e. The number of tetrazole rings is 1. The third-order valence-electron chi connectivity index (χ3n) is 2.33.